The van der Waals surface area contributed by atoms with E-state index in [-0.39, 0.29) is 23.3 Å². The number of aryl methyl sites for hydroxylation is 1. The molecule has 1 atom stereocenters. The van der Waals surface area contributed by atoms with Crippen LogP contribution >= 0.6 is 0 Å². The Bertz CT molecular complexity index is 712. The average molecular weight is 386 g/mol. The maximum Gasteiger partial charge on any atom is 0.246 e. The van der Waals surface area contributed by atoms with Gasteiger partial charge in [0.1, 0.15) is 4.90 Å². The van der Waals surface area contributed by atoms with Crippen LogP contribution in [0.4, 0.5) is 0 Å². The molecular weight excluding hydrogens is 354 g/mol. The minimum absolute atomic E-state index is 0.0556. The van der Waals surface area contributed by atoms with Gasteiger partial charge in [0.25, 0.3) is 0 Å². The summed E-state index contributed by atoms with van der Waals surface area (Å²) in [5.41, 5.74) is 0.607. The number of carbonyl (C=O) groups is 1. The van der Waals surface area contributed by atoms with Crippen molar-refractivity contribution in [3.63, 3.8) is 0 Å². The molecule has 1 aliphatic rings. The summed E-state index contributed by atoms with van der Waals surface area (Å²) in [6.45, 7) is 9.90. The lowest BCUT2D eigenvalue weighted by Gasteiger charge is -2.31. The third kappa shape index (κ3) is 4.63. The van der Waals surface area contributed by atoms with E-state index in [0.29, 0.717) is 25.2 Å². The van der Waals surface area contributed by atoms with Gasteiger partial charge < -0.3 is 10.2 Å². The molecule has 1 aromatic rings. The lowest BCUT2D eigenvalue weighted by atomic mass is 9.99. The standard InChI is InChI=1S/C17H31N5O3S/c1-5-21(6-2)11-9-18-17(23)15-8-7-10-22(13-15)26(24,25)16-12-19-20(4)14(16)3/h12,15H,5-11,13H2,1-4H3,(H,18,23)/t15-/m0/s1. The second kappa shape index (κ2) is 8.96. The van der Waals surface area contributed by atoms with Crippen LogP contribution in [0.1, 0.15) is 32.4 Å². The van der Waals surface area contributed by atoms with E-state index in [1.165, 1.54) is 10.5 Å². The van der Waals surface area contributed by atoms with E-state index >= 15 is 0 Å². The largest absolute Gasteiger partial charge is 0.355 e. The Labute approximate surface area is 156 Å². The Morgan fingerprint density at radius 3 is 2.65 bits per heavy atom. The van der Waals surface area contributed by atoms with Crippen LogP contribution in [0.15, 0.2) is 11.1 Å². The molecule has 26 heavy (non-hydrogen) atoms. The molecule has 1 aromatic heterocycles. The van der Waals surface area contributed by atoms with Gasteiger partial charge in [0.2, 0.25) is 15.9 Å². The van der Waals surface area contributed by atoms with Gasteiger partial charge in [-0.15, -0.1) is 0 Å². The van der Waals surface area contributed by atoms with Crippen LogP contribution in [0, 0.1) is 12.8 Å². The first-order valence-corrected chi connectivity index (χ1v) is 10.7. The van der Waals surface area contributed by atoms with Crippen LogP contribution in [0.2, 0.25) is 0 Å². The smallest absolute Gasteiger partial charge is 0.246 e. The number of hydrogen-bond acceptors (Lipinski definition) is 5. The van der Waals surface area contributed by atoms with E-state index in [1.807, 2.05) is 0 Å². The van der Waals surface area contributed by atoms with Gasteiger partial charge >= 0.3 is 0 Å². The predicted molar refractivity (Wildman–Crippen MR) is 100 cm³/mol. The fourth-order valence-corrected chi connectivity index (χ4v) is 4.98. The number of hydrogen-bond donors (Lipinski definition) is 1. The van der Waals surface area contributed by atoms with Crippen molar-refractivity contribution in [1.29, 1.82) is 0 Å². The van der Waals surface area contributed by atoms with Gasteiger partial charge in [0, 0.05) is 33.2 Å². The summed E-state index contributed by atoms with van der Waals surface area (Å²) in [4.78, 5) is 14.9. The van der Waals surface area contributed by atoms with Crippen LogP contribution in [0.3, 0.4) is 0 Å². The number of amides is 1. The van der Waals surface area contributed by atoms with Gasteiger partial charge in [-0.05, 0) is 32.9 Å². The molecule has 1 N–H and O–H groups in total. The first kappa shape index (κ1) is 20.9. The molecule has 8 nitrogen and oxygen atoms in total. The van der Waals surface area contributed by atoms with Crippen molar-refractivity contribution >= 4 is 15.9 Å². The Kier molecular flexibility index (Phi) is 7.19. The molecule has 0 bridgehead atoms. The summed E-state index contributed by atoms with van der Waals surface area (Å²) in [7, 11) is -1.90. The molecule has 2 rings (SSSR count). The Morgan fingerprint density at radius 2 is 2.08 bits per heavy atom. The topological polar surface area (TPSA) is 87.5 Å². The van der Waals surface area contributed by atoms with Crippen molar-refractivity contribution in [3.05, 3.63) is 11.9 Å². The second-order valence-electron chi connectivity index (χ2n) is 6.74. The van der Waals surface area contributed by atoms with Crippen LogP contribution < -0.4 is 5.32 Å². The highest BCUT2D eigenvalue weighted by Crippen LogP contribution is 2.25. The van der Waals surface area contributed by atoms with Crippen molar-refractivity contribution in [3.8, 4) is 0 Å². The fraction of sp³-hybridized carbons (Fsp3) is 0.765. The molecule has 9 heteroatoms. The number of rotatable bonds is 8. The van der Waals surface area contributed by atoms with Gasteiger partial charge in [-0.2, -0.15) is 9.40 Å². The van der Waals surface area contributed by atoms with Crippen LogP contribution in [-0.4, -0.2) is 72.6 Å². The van der Waals surface area contributed by atoms with Gasteiger partial charge in [-0.1, -0.05) is 13.8 Å². The monoisotopic (exact) mass is 385 g/mol. The molecule has 0 aliphatic carbocycles. The quantitative estimate of drug-likeness (QED) is 0.708. The lowest BCUT2D eigenvalue weighted by molar-refractivity contribution is -0.126. The highest BCUT2D eigenvalue weighted by molar-refractivity contribution is 7.89. The number of aromatic nitrogens is 2. The molecule has 1 fully saturated rings. The molecule has 0 unspecified atom stereocenters. The molecule has 0 radical (unpaired) electrons. The third-order valence-electron chi connectivity index (χ3n) is 5.18. The van der Waals surface area contributed by atoms with E-state index in [1.54, 1.807) is 18.7 Å². The van der Waals surface area contributed by atoms with Gasteiger partial charge in [0.05, 0.1) is 17.8 Å². The SMILES string of the molecule is CCN(CC)CCNC(=O)[C@H]1CCCN(S(=O)(=O)c2cnn(C)c2C)C1. The highest BCUT2D eigenvalue weighted by Gasteiger charge is 2.34. The number of carbonyl (C=O) groups excluding carboxylic acids is 1. The third-order valence-corrected chi connectivity index (χ3v) is 7.15. The second-order valence-corrected chi connectivity index (χ2v) is 8.64. The van der Waals surface area contributed by atoms with Gasteiger partial charge in [-0.3, -0.25) is 9.48 Å². The fourth-order valence-electron chi connectivity index (χ4n) is 3.27. The Hall–Kier alpha value is -1.45. The summed E-state index contributed by atoms with van der Waals surface area (Å²) in [5.74, 6) is -0.354. The minimum Gasteiger partial charge on any atom is -0.355 e. The number of nitrogens with one attached hydrogen (secondary N) is 1. The summed E-state index contributed by atoms with van der Waals surface area (Å²) in [5, 5.41) is 6.99. The molecule has 1 aliphatic heterocycles. The lowest BCUT2D eigenvalue weighted by Crippen LogP contribution is -2.46. The summed E-state index contributed by atoms with van der Waals surface area (Å²) >= 11 is 0. The normalized spacial score (nSPS) is 19.0. The van der Waals surface area contributed by atoms with E-state index in [9.17, 15) is 13.2 Å². The zero-order chi connectivity index (χ0) is 19.3. The first-order chi connectivity index (χ1) is 12.3. The van der Waals surface area contributed by atoms with Crippen LogP contribution in [0.5, 0.6) is 0 Å². The van der Waals surface area contributed by atoms with Crippen molar-refractivity contribution in [2.45, 2.75) is 38.5 Å². The zero-order valence-electron chi connectivity index (χ0n) is 16.2. The summed E-state index contributed by atoms with van der Waals surface area (Å²) in [6, 6.07) is 0. The first-order valence-electron chi connectivity index (χ1n) is 9.30. The minimum atomic E-state index is -3.62. The van der Waals surface area contributed by atoms with E-state index in [4.69, 9.17) is 0 Å². The number of piperidine rings is 1. The molecule has 0 saturated carbocycles. The highest BCUT2D eigenvalue weighted by atomic mass is 32.2. The van der Waals surface area contributed by atoms with Crippen molar-refractivity contribution in [2.75, 3.05) is 39.3 Å². The zero-order valence-corrected chi connectivity index (χ0v) is 17.0. The van der Waals surface area contributed by atoms with Crippen molar-refractivity contribution < 1.29 is 13.2 Å². The molecular formula is C17H31N5O3S. The van der Waals surface area contributed by atoms with Gasteiger partial charge in [-0.25, -0.2) is 8.42 Å². The number of sulfonamides is 1. The molecule has 2 heterocycles. The van der Waals surface area contributed by atoms with Crippen molar-refractivity contribution in [1.82, 2.24) is 24.3 Å². The van der Waals surface area contributed by atoms with Crippen LogP contribution in [0.25, 0.3) is 0 Å². The van der Waals surface area contributed by atoms with E-state index < -0.39 is 10.0 Å². The maximum absolute atomic E-state index is 12.9. The molecule has 0 aromatic carbocycles. The van der Waals surface area contributed by atoms with Crippen molar-refractivity contribution in [2.24, 2.45) is 13.0 Å². The number of likely N-dealkylation sites (N-methyl/N-ethyl adjacent to an activating group) is 1. The molecule has 148 valence electrons. The molecule has 0 spiro atoms. The predicted octanol–water partition coefficient (Wildman–Crippen LogP) is 0.587. The molecule has 1 amide bonds. The Balaban J connectivity index is 1.98. The molecule has 1 saturated heterocycles. The summed E-state index contributed by atoms with van der Waals surface area (Å²) < 4.78 is 28.8. The average Bonchev–Trinajstić information content (AvgIpc) is 2.98. The number of nitrogens with zero attached hydrogens (tertiary/aromatic N) is 4. The van der Waals surface area contributed by atoms with Crippen LogP contribution in [-0.2, 0) is 21.9 Å². The maximum atomic E-state index is 12.9. The van der Waals surface area contributed by atoms with E-state index in [0.717, 1.165) is 26.1 Å². The van der Waals surface area contributed by atoms with E-state index in [2.05, 4.69) is 29.2 Å². The Morgan fingerprint density at radius 1 is 1.38 bits per heavy atom. The summed E-state index contributed by atoms with van der Waals surface area (Å²) in [6.07, 6.45) is 2.79. The van der Waals surface area contributed by atoms with Gasteiger partial charge in [0.15, 0.2) is 0 Å².